The molecule has 1 N–H and O–H groups in total. The lowest BCUT2D eigenvalue weighted by Gasteiger charge is -2.29. The normalized spacial score (nSPS) is 19.4. The average Bonchev–Trinajstić information content (AvgIpc) is 3.36. The van der Waals surface area contributed by atoms with E-state index in [1.807, 2.05) is 24.3 Å². The van der Waals surface area contributed by atoms with Crippen LogP contribution in [0.25, 0.3) is 0 Å². The summed E-state index contributed by atoms with van der Waals surface area (Å²) in [6, 6.07) is 9.87. The van der Waals surface area contributed by atoms with Crippen molar-refractivity contribution in [1.29, 1.82) is 0 Å². The van der Waals surface area contributed by atoms with Gasteiger partial charge in [0, 0.05) is 18.5 Å². The van der Waals surface area contributed by atoms with Crippen LogP contribution in [0, 0.1) is 0 Å². The smallest absolute Gasteiger partial charge is 0.344 e. The standard InChI is InChI=1S/C23H24N2O7/c1-29-14-6-4-13(5-7-14)12-24-21(27)16-9-11-18(26)25(16)22-15-8-10-17(30-2)20(31-3)19(15)23(28)32-22/h4-8,10,16,22H,9,11-12H2,1-3H3,(H,24,27). The van der Waals surface area contributed by atoms with Gasteiger partial charge in [0.15, 0.2) is 11.5 Å². The molecule has 9 heteroatoms. The number of nitrogens with one attached hydrogen (secondary N) is 1. The lowest BCUT2D eigenvalue weighted by Crippen LogP contribution is -2.46. The highest BCUT2D eigenvalue weighted by atomic mass is 16.6. The number of benzene rings is 2. The molecule has 4 rings (SSSR count). The summed E-state index contributed by atoms with van der Waals surface area (Å²) in [6.07, 6.45) is -0.467. The van der Waals surface area contributed by atoms with Crippen molar-refractivity contribution in [1.82, 2.24) is 10.2 Å². The largest absolute Gasteiger partial charge is 0.497 e. The van der Waals surface area contributed by atoms with Crippen LogP contribution in [0.5, 0.6) is 17.2 Å². The number of hydrogen-bond donors (Lipinski definition) is 1. The molecule has 2 heterocycles. The fourth-order valence-corrected chi connectivity index (χ4v) is 4.09. The minimum absolute atomic E-state index is 0.192. The Morgan fingerprint density at radius 2 is 1.81 bits per heavy atom. The molecule has 0 bridgehead atoms. The maximum absolute atomic E-state index is 13.0. The Balaban J connectivity index is 1.55. The van der Waals surface area contributed by atoms with Gasteiger partial charge in [0.25, 0.3) is 0 Å². The van der Waals surface area contributed by atoms with E-state index in [9.17, 15) is 14.4 Å². The molecule has 0 aromatic heterocycles. The minimum Gasteiger partial charge on any atom is -0.497 e. The zero-order valence-corrected chi connectivity index (χ0v) is 18.0. The highest BCUT2D eigenvalue weighted by Crippen LogP contribution is 2.45. The van der Waals surface area contributed by atoms with E-state index in [2.05, 4.69) is 5.32 Å². The fraction of sp³-hybridized carbons (Fsp3) is 0.348. The van der Waals surface area contributed by atoms with E-state index in [4.69, 9.17) is 18.9 Å². The van der Waals surface area contributed by atoms with Crippen LogP contribution in [-0.4, -0.2) is 50.1 Å². The summed E-state index contributed by atoms with van der Waals surface area (Å²) in [4.78, 5) is 39.6. The molecule has 0 radical (unpaired) electrons. The van der Waals surface area contributed by atoms with E-state index in [1.54, 1.807) is 19.2 Å². The molecule has 9 nitrogen and oxygen atoms in total. The van der Waals surface area contributed by atoms with Crippen LogP contribution in [0.15, 0.2) is 36.4 Å². The monoisotopic (exact) mass is 440 g/mol. The summed E-state index contributed by atoms with van der Waals surface area (Å²) < 4.78 is 21.3. The van der Waals surface area contributed by atoms with Crippen molar-refractivity contribution in [3.8, 4) is 17.2 Å². The summed E-state index contributed by atoms with van der Waals surface area (Å²) in [5.74, 6) is 0.154. The Hall–Kier alpha value is -3.75. The molecule has 2 atom stereocenters. The van der Waals surface area contributed by atoms with Crippen molar-refractivity contribution in [3.05, 3.63) is 53.1 Å². The molecule has 2 aliphatic rings. The molecular weight excluding hydrogens is 416 g/mol. The molecule has 1 saturated heterocycles. The van der Waals surface area contributed by atoms with Gasteiger partial charge in [-0.25, -0.2) is 4.79 Å². The van der Waals surface area contributed by atoms with Crippen LogP contribution in [0.3, 0.4) is 0 Å². The molecule has 1 fully saturated rings. The van der Waals surface area contributed by atoms with Crippen LogP contribution in [0.2, 0.25) is 0 Å². The number of carbonyl (C=O) groups excluding carboxylic acids is 3. The van der Waals surface area contributed by atoms with Gasteiger partial charge in [-0.1, -0.05) is 12.1 Å². The molecular formula is C23H24N2O7. The predicted octanol–water partition coefficient (Wildman–Crippen LogP) is 2.19. The topological polar surface area (TPSA) is 103 Å². The average molecular weight is 440 g/mol. The van der Waals surface area contributed by atoms with Crippen molar-refractivity contribution in [2.45, 2.75) is 31.7 Å². The van der Waals surface area contributed by atoms with Crippen LogP contribution < -0.4 is 19.5 Å². The molecule has 2 amide bonds. The molecule has 0 saturated carbocycles. The second-order valence-electron chi connectivity index (χ2n) is 7.44. The number of amides is 2. The maximum atomic E-state index is 13.0. The zero-order chi connectivity index (χ0) is 22.8. The SMILES string of the molecule is COc1ccc(CNC(=O)C2CCC(=O)N2C2OC(=O)c3c2ccc(OC)c3OC)cc1. The van der Waals surface area contributed by atoms with Crippen molar-refractivity contribution in [3.63, 3.8) is 0 Å². The van der Waals surface area contributed by atoms with E-state index in [1.165, 1.54) is 19.1 Å². The van der Waals surface area contributed by atoms with E-state index in [0.717, 1.165) is 11.3 Å². The first-order valence-corrected chi connectivity index (χ1v) is 10.2. The first kappa shape index (κ1) is 21.5. The Kier molecular flexibility index (Phi) is 5.89. The first-order valence-electron chi connectivity index (χ1n) is 10.2. The quantitative estimate of drug-likeness (QED) is 0.658. The molecule has 2 unspecified atom stereocenters. The number of rotatable bonds is 7. The zero-order valence-electron chi connectivity index (χ0n) is 18.0. The third-order valence-electron chi connectivity index (χ3n) is 5.70. The van der Waals surface area contributed by atoms with Crippen molar-refractivity contribution in [2.75, 3.05) is 21.3 Å². The summed E-state index contributed by atoms with van der Waals surface area (Å²) in [5.41, 5.74) is 1.56. The third kappa shape index (κ3) is 3.70. The van der Waals surface area contributed by atoms with Crippen LogP contribution in [0.1, 0.15) is 40.6 Å². The summed E-state index contributed by atoms with van der Waals surface area (Å²) >= 11 is 0. The number of methoxy groups -OCH3 is 3. The number of carbonyl (C=O) groups is 3. The Bertz CT molecular complexity index is 1050. The first-order chi connectivity index (χ1) is 15.5. The lowest BCUT2D eigenvalue weighted by atomic mass is 10.1. The summed E-state index contributed by atoms with van der Waals surface area (Å²) in [7, 11) is 4.48. The van der Waals surface area contributed by atoms with Crippen LogP contribution in [0.4, 0.5) is 0 Å². The van der Waals surface area contributed by atoms with E-state index >= 15 is 0 Å². The van der Waals surface area contributed by atoms with E-state index in [0.29, 0.717) is 24.3 Å². The van der Waals surface area contributed by atoms with Crippen molar-refractivity contribution < 1.29 is 33.3 Å². The molecule has 168 valence electrons. The predicted molar refractivity (Wildman–Crippen MR) is 112 cm³/mol. The van der Waals surface area contributed by atoms with Gasteiger partial charge in [-0.2, -0.15) is 0 Å². The number of esters is 1. The van der Waals surface area contributed by atoms with Crippen LogP contribution >= 0.6 is 0 Å². The van der Waals surface area contributed by atoms with Crippen LogP contribution in [-0.2, 0) is 20.9 Å². The lowest BCUT2D eigenvalue weighted by molar-refractivity contribution is -0.145. The highest BCUT2D eigenvalue weighted by molar-refractivity contribution is 5.99. The molecule has 32 heavy (non-hydrogen) atoms. The molecule has 2 aromatic rings. The Morgan fingerprint density at radius 3 is 2.47 bits per heavy atom. The molecule has 0 spiro atoms. The maximum Gasteiger partial charge on any atom is 0.344 e. The third-order valence-corrected chi connectivity index (χ3v) is 5.70. The second-order valence-corrected chi connectivity index (χ2v) is 7.44. The Morgan fingerprint density at radius 1 is 1.06 bits per heavy atom. The van der Waals surface area contributed by atoms with Gasteiger partial charge in [0.05, 0.1) is 21.3 Å². The van der Waals surface area contributed by atoms with Crippen molar-refractivity contribution >= 4 is 17.8 Å². The van der Waals surface area contributed by atoms with Gasteiger partial charge in [0.2, 0.25) is 18.0 Å². The number of ether oxygens (including phenoxy) is 4. The van der Waals surface area contributed by atoms with Gasteiger partial charge in [-0.05, 0) is 36.2 Å². The molecule has 0 aliphatic carbocycles. The summed E-state index contributed by atoms with van der Waals surface area (Å²) in [6.45, 7) is 0.299. The number of cyclic esters (lactones) is 1. The van der Waals surface area contributed by atoms with Crippen molar-refractivity contribution in [2.24, 2.45) is 0 Å². The summed E-state index contributed by atoms with van der Waals surface area (Å²) in [5, 5.41) is 2.87. The van der Waals surface area contributed by atoms with E-state index in [-0.39, 0.29) is 29.5 Å². The van der Waals surface area contributed by atoms with Gasteiger partial charge >= 0.3 is 5.97 Å². The molecule has 2 aromatic carbocycles. The van der Waals surface area contributed by atoms with E-state index < -0.39 is 18.2 Å². The van der Waals surface area contributed by atoms with Gasteiger partial charge in [-0.15, -0.1) is 0 Å². The number of hydrogen-bond acceptors (Lipinski definition) is 7. The minimum atomic E-state index is -0.996. The van der Waals surface area contributed by atoms with Gasteiger partial charge in [0.1, 0.15) is 17.4 Å². The number of nitrogens with zero attached hydrogens (tertiary/aromatic N) is 1. The Labute approximate surface area is 185 Å². The van der Waals surface area contributed by atoms with Gasteiger partial charge < -0.3 is 24.3 Å². The molecule has 2 aliphatic heterocycles. The van der Waals surface area contributed by atoms with Gasteiger partial charge in [-0.3, -0.25) is 14.5 Å². The fourth-order valence-electron chi connectivity index (χ4n) is 4.09. The number of likely N-dealkylation sites (tertiary alicyclic amines) is 1. The highest BCUT2D eigenvalue weighted by Gasteiger charge is 2.47. The number of fused-ring (bicyclic) bond motifs is 1. The second kappa shape index (κ2) is 8.78.